The number of carbonyl (C=O) groups is 1. The summed E-state index contributed by atoms with van der Waals surface area (Å²) in [5.41, 5.74) is -0.0952. The van der Waals surface area contributed by atoms with Gasteiger partial charge < -0.3 is 5.32 Å². The zero-order chi connectivity index (χ0) is 14.8. The third kappa shape index (κ3) is 4.31. The lowest BCUT2D eigenvalue weighted by Gasteiger charge is -2.29. The van der Waals surface area contributed by atoms with Crippen LogP contribution in [0.25, 0.3) is 0 Å². The molecule has 0 saturated carbocycles. The first-order valence-electron chi connectivity index (χ1n) is 5.81. The molecule has 0 aliphatic carbocycles. The van der Waals surface area contributed by atoms with Crippen LogP contribution < -0.4 is 5.32 Å². The van der Waals surface area contributed by atoms with Crippen molar-refractivity contribution in [3.8, 4) is 0 Å². The van der Waals surface area contributed by atoms with E-state index in [2.05, 4.69) is 21.2 Å². The lowest BCUT2D eigenvalue weighted by atomic mass is 10.0. The maximum Gasteiger partial charge on any atom is 0.251 e. The van der Waals surface area contributed by atoms with Crippen LogP contribution in [0.3, 0.4) is 0 Å². The molecular formula is C13H18BrNO3S. The van der Waals surface area contributed by atoms with Crippen LogP contribution >= 0.6 is 15.9 Å². The van der Waals surface area contributed by atoms with Crippen molar-refractivity contribution in [2.75, 3.05) is 6.26 Å². The number of benzene rings is 1. The third-order valence-electron chi connectivity index (χ3n) is 2.95. The fourth-order valence-electron chi connectivity index (χ4n) is 1.33. The molecule has 0 fully saturated rings. The summed E-state index contributed by atoms with van der Waals surface area (Å²) in [6, 6.07) is 6.03. The van der Waals surface area contributed by atoms with Crippen LogP contribution in [0.2, 0.25) is 0 Å². The standard InChI is InChI=1S/C13H18BrNO3S/c1-9(14)13(2,3)15-12(16)10-6-5-7-11(8-10)19(4,17)18/h5-9H,1-4H3,(H,15,16). The largest absolute Gasteiger partial charge is 0.346 e. The molecule has 1 atom stereocenters. The lowest BCUT2D eigenvalue weighted by Crippen LogP contribution is -2.48. The second-order valence-corrected chi connectivity index (χ2v) is 8.48. The van der Waals surface area contributed by atoms with Crippen molar-refractivity contribution in [3.63, 3.8) is 0 Å². The number of halogens is 1. The second kappa shape index (κ2) is 5.63. The first kappa shape index (κ1) is 16.2. The molecule has 0 heterocycles. The smallest absolute Gasteiger partial charge is 0.251 e. The maximum atomic E-state index is 12.1. The molecule has 0 aliphatic rings. The Morgan fingerprint density at radius 1 is 1.37 bits per heavy atom. The Bertz CT molecular complexity index is 579. The minimum absolute atomic E-state index is 0.0852. The van der Waals surface area contributed by atoms with Crippen LogP contribution in [0.5, 0.6) is 0 Å². The molecule has 0 bridgehead atoms. The minimum Gasteiger partial charge on any atom is -0.346 e. The fourth-order valence-corrected chi connectivity index (χ4v) is 2.11. The van der Waals surface area contributed by atoms with Crippen molar-refractivity contribution >= 4 is 31.7 Å². The van der Waals surface area contributed by atoms with Gasteiger partial charge in [-0.3, -0.25) is 4.79 Å². The molecule has 0 spiro atoms. The van der Waals surface area contributed by atoms with Crippen molar-refractivity contribution in [1.82, 2.24) is 5.32 Å². The van der Waals surface area contributed by atoms with Gasteiger partial charge in [0.2, 0.25) is 0 Å². The molecule has 1 N–H and O–H groups in total. The van der Waals surface area contributed by atoms with Gasteiger partial charge in [-0.15, -0.1) is 0 Å². The molecule has 1 rings (SSSR count). The highest BCUT2D eigenvalue weighted by atomic mass is 79.9. The molecule has 0 saturated heterocycles. The summed E-state index contributed by atoms with van der Waals surface area (Å²) in [6.45, 7) is 5.72. The summed E-state index contributed by atoms with van der Waals surface area (Å²) in [5.74, 6) is -0.290. The van der Waals surface area contributed by atoms with Gasteiger partial charge in [0.1, 0.15) is 0 Å². The number of hydrogen-bond acceptors (Lipinski definition) is 3. The normalized spacial score (nSPS) is 13.9. The zero-order valence-corrected chi connectivity index (χ0v) is 13.8. The predicted octanol–water partition coefficient (Wildman–Crippen LogP) is 2.38. The van der Waals surface area contributed by atoms with Gasteiger partial charge in [0.25, 0.3) is 5.91 Å². The van der Waals surface area contributed by atoms with Crippen LogP contribution in [0.1, 0.15) is 31.1 Å². The topological polar surface area (TPSA) is 63.2 Å². The van der Waals surface area contributed by atoms with Crippen LogP contribution in [0, 0.1) is 0 Å². The summed E-state index contributed by atoms with van der Waals surface area (Å²) < 4.78 is 22.9. The molecule has 0 radical (unpaired) electrons. The Balaban J connectivity index is 3.02. The van der Waals surface area contributed by atoms with E-state index in [1.165, 1.54) is 12.1 Å². The average molecular weight is 348 g/mol. The van der Waals surface area contributed by atoms with Crippen molar-refractivity contribution < 1.29 is 13.2 Å². The monoisotopic (exact) mass is 347 g/mol. The summed E-state index contributed by atoms with van der Waals surface area (Å²) in [7, 11) is -3.31. The van der Waals surface area contributed by atoms with Crippen LogP contribution in [0.4, 0.5) is 0 Å². The van der Waals surface area contributed by atoms with E-state index in [4.69, 9.17) is 0 Å². The molecule has 106 valence electrons. The van der Waals surface area contributed by atoms with Crippen LogP contribution in [-0.2, 0) is 9.84 Å². The van der Waals surface area contributed by atoms with Crippen molar-refractivity contribution in [1.29, 1.82) is 0 Å². The van der Waals surface area contributed by atoms with Gasteiger partial charge >= 0.3 is 0 Å². The van der Waals surface area contributed by atoms with Gasteiger partial charge in [0.15, 0.2) is 9.84 Å². The first-order chi connectivity index (χ1) is 8.54. The van der Waals surface area contributed by atoms with E-state index >= 15 is 0 Å². The Labute approximate surface area is 122 Å². The summed E-state index contributed by atoms with van der Waals surface area (Å²) in [6.07, 6.45) is 1.12. The van der Waals surface area contributed by atoms with E-state index in [1.54, 1.807) is 12.1 Å². The molecule has 1 aromatic rings. The van der Waals surface area contributed by atoms with Crippen molar-refractivity contribution in [2.45, 2.75) is 36.0 Å². The third-order valence-corrected chi connectivity index (χ3v) is 5.21. The Morgan fingerprint density at radius 2 is 1.95 bits per heavy atom. The van der Waals surface area contributed by atoms with Gasteiger partial charge in [-0.05, 0) is 32.0 Å². The van der Waals surface area contributed by atoms with E-state index in [0.29, 0.717) is 5.56 Å². The predicted molar refractivity (Wildman–Crippen MR) is 79.5 cm³/mol. The number of amides is 1. The molecule has 1 amide bonds. The van der Waals surface area contributed by atoms with Gasteiger partial charge in [-0.2, -0.15) is 0 Å². The van der Waals surface area contributed by atoms with E-state index < -0.39 is 15.4 Å². The zero-order valence-electron chi connectivity index (χ0n) is 11.4. The molecule has 6 heteroatoms. The van der Waals surface area contributed by atoms with E-state index in [1.807, 2.05) is 20.8 Å². The summed E-state index contributed by atoms with van der Waals surface area (Å²) in [4.78, 5) is 12.3. The number of hydrogen-bond donors (Lipinski definition) is 1. The summed E-state index contributed by atoms with van der Waals surface area (Å²) >= 11 is 3.43. The highest BCUT2D eigenvalue weighted by Gasteiger charge is 2.26. The number of rotatable bonds is 4. The van der Waals surface area contributed by atoms with E-state index in [-0.39, 0.29) is 15.6 Å². The second-order valence-electron chi connectivity index (χ2n) is 5.09. The minimum atomic E-state index is -3.31. The average Bonchev–Trinajstić information content (AvgIpc) is 2.27. The Morgan fingerprint density at radius 3 is 2.42 bits per heavy atom. The van der Waals surface area contributed by atoms with Crippen LogP contribution in [0.15, 0.2) is 29.2 Å². The Kier molecular flexibility index (Phi) is 4.79. The molecule has 0 aliphatic heterocycles. The van der Waals surface area contributed by atoms with Gasteiger partial charge in [-0.1, -0.05) is 28.9 Å². The van der Waals surface area contributed by atoms with E-state index in [0.717, 1.165) is 6.26 Å². The van der Waals surface area contributed by atoms with Gasteiger partial charge in [0.05, 0.1) is 4.90 Å². The number of alkyl halides is 1. The van der Waals surface area contributed by atoms with Gasteiger partial charge in [0, 0.05) is 22.2 Å². The highest BCUT2D eigenvalue weighted by molar-refractivity contribution is 9.09. The van der Waals surface area contributed by atoms with Crippen molar-refractivity contribution in [3.05, 3.63) is 29.8 Å². The molecule has 1 aromatic carbocycles. The van der Waals surface area contributed by atoms with Gasteiger partial charge in [-0.25, -0.2) is 8.42 Å². The van der Waals surface area contributed by atoms with Crippen LogP contribution in [-0.4, -0.2) is 30.9 Å². The SMILES string of the molecule is CC(Br)C(C)(C)NC(=O)c1cccc(S(C)(=O)=O)c1. The fraction of sp³-hybridized carbons (Fsp3) is 0.462. The maximum absolute atomic E-state index is 12.1. The molecular weight excluding hydrogens is 330 g/mol. The number of sulfone groups is 1. The van der Waals surface area contributed by atoms with E-state index in [9.17, 15) is 13.2 Å². The Hall–Kier alpha value is -0.880. The number of nitrogens with one attached hydrogen (secondary N) is 1. The van der Waals surface area contributed by atoms with Crippen molar-refractivity contribution in [2.24, 2.45) is 0 Å². The summed E-state index contributed by atoms with van der Waals surface area (Å²) in [5, 5.41) is 2.87. The molecule has 19 heavy (non-hydrogen) atoms. The quantitative estimate of drug-likeness (QED) is 0.850. The molecule has 0 aromatic heterocycles. The lowest BCUT2D eigenvalue weighted by molar-refractivity contribution is 0.0913. The number of carbonyl (C=O) groups excluding carboxylic acids is 1. The highest BCUT2D eigenvalue weighted by Crippen LogP contribution is 2.18. The molecule has 1 unspecified atom stereocenters. The molecule has 4 nitrogen and oxygen atoms in total. The first-order valence-corrected chi connectivity index (χ1v) is 8.61.